The van der Waals surface area contributed by atoms with Gasteiger partial charge in [-0.3, -0.25) is 4.79 Å². The summed E-state index contributed by atoms with van der Waals surface area (Å²) in [6, 6.07) is 11.0. The second-order valence-electron chi connectivity index (χ2n) is 4.03. The van der Waals surface area contributed by atoms with Gasteiger partial charge in [-0.1, -0.05) is 0 Å². The van der Waals surface area contributed by atoms with Crippen molar-refractivity contribution in [2.75, 3.05) is 13.2 Å². The molecule has 4 heteroatoms. The topological polar surface area (TPSA) is 35.5 Å². The summed E-state index contributed by atoms with van der Waals surface area (Å²) in [7, 11) is 0. The Kier molecular flexibility index (Phi) is 4.58. The lowest BCUT2D eigenvalue weighted by Crippen LogP contribution is -2.09. The first-order valence-corrected chi connectivity index (χ1v) is 6.96. The number of benzene rings is 1. The van der Waals surface area contributed by atoms with Crippen LogP contribution >= 0.6 is 11.3 Å². The summed E-state index contributed by atoms with van der Waals surface area (Å²) in [6.07, 6.45) is 0. The van der Waals surface area contributed by atoms with Crippen LogP contribution in [0.4, 0.5) is 0 Å². The molecule has 0 aliphatic heterocycles. The Labute approximate surface area is 116 Å². The second kappa shape index (κ2) is 6.38. The van der Waals surface area contributed by atoms with Gasteiger partial charge in [0.05, 0.1) is 11.5 Å². The zero-order valence-electron chi connectivity index (χ0n) is 11.0. The Balaban J connectivity index is 1.89. The van der Waals surface area contributed by atoms with Gasteiger partial charge < -0.3 is 9.47 Å². The Morgan fingerprint density at radius 1 is 1.05 bits per heavy atom. The molecule has 0 aliphatic rings. The van der Waals surface area contributed by atoms with Gasteiger partial charge in [-0.05, 0) is 50.2 Å². The van der Waals surface area contributed by atoms with Crippen LogP contribution in [0.5, 0.6) is 11.5 Å². The van der Waals surface area contributed by atoms with Gasteiger partial charge in [-0.2, -0.15) is 0 Å². The highest BCUT2D eigenvalue weighted by Gasteiger charge is 2.09. The quantitative estimate of drug-likeness (QED) is 0.754. The van der Waals surface area contributed by atoms with Crippen molar-refractivity contribution in [3.05, 3.63) is 46.2 Å². The van der Waals surface area contributed by atoms with Gasteiger partial charge >= 0.3 is 0 Å². The number of hydrogen-bond acceptors (Lipinski definition) is 4. The van der Waals surface area contributed by atoms with E-state index in [1.54, 1.807) is 12.1 Å². The van der Waals surface area contributed by atoms with E-state index in [1.165, 1.54) is 11.3 Å². The number of carbonyl (C=O) groups is 1. The Bertz CT molecular complexity index is 543. The monoisotopic (exact) mass is 276 g/mol. The van der Waals surface area contributed by atoms with Crippen LogP contribution in [0.2, 0.25) is 0 Å². The van der Waals surface area contributed by atoms with E-state index in [1.807, 2.05) is 38.1 Å². The van der Waals surface area contributed by atoms with Crippen LogP contribution in [0.1, 0.15) is 21.5 Å². The number of hydrogen-bond donors (Lipinski definition) is 0. The SMILES string of the molecule is CCOc1ccc(OCC(=O)c2ccc(C)s2)cc1. The largest absolute Gasteiger partial charge is 0.494 e. The lowest BCUT2D eigenvalue weighted by molar-refractivity contribution is 0.0925. The lowest BCUT2D eigenvalue weighted by Gasteiger charge is -2.06. The second-order valence-corrected chi connectivity index (χ2v) is 5.31. The van der Waals surface area contributed by atoms with Crippen LogP contribution in [-0.4, -0.2) is 19.0 Å². The summed E-state index contributed by atoms with van der Waals surface area (Å²) in [5.74, 6) is 1.48. The highest BCUT2D eigenvalue weighted by molar-refractivity contribution is 7.14. The summed E-state index contributed by atoms with van der Waals surface area (Å²) >= 11 is 1.49. The third-order valence-electron chi connectivity index (χ3n) is 2.52. The summed E-state index contributed by atoms with van der Waals surface area (Å²) < 4.78 is 10.8. The van der Waals surface area contributed by atoms with Crippen molar-refractivity contribution in [1.82, 2.24) is 0 Å². The van der Waals surface area contributed by atoms with Crippen LogP contribution in [0.3, 0.4) is 0 Å². The first-order valence-electron chi connectivity index (χ1n) is 6.14. The van der Waals surface area contributed by atoms with Crippen LogP contribution < -0.4 is 9.47 Å². The third kappa shape index (κ3) is 3.83. The first kappa shape index (κ1) is 13.6. The summed E-state index contributed by atoms with van der Waals surface area (Å²) in [5.41, 5.74) is 0. The van der Waals surface area contributed by atoms with Crippen LogP contribution in [0, 0.1) is 6.92 Å². The molecule has 0 fully saturated rings. The average Bonchev–Trinajstić information content (AvgIpc) is 2.85. The predicted octanol–water partition coefficient (Wildman–Crippen LogP) is 3.72. The van der Waals surface area contributed by atoms with Crippen molar-refractivity contribution in [2.45, 2.75) is 13.8 Å². The maximum absolute atomic E-state index is 11.9. The highest BCUT2D eigenvalue weighted by atomic mass is 32.1. The fourth-order valence-electron chi connectivity index (χ4n) is 1.60. The van der Waals surface area contributed by atoms with Crippen LogP contribution in [-0.2, 0) is 0 Å². The van der Waals surface area contributed by atoms with Gasteiger partial charge in [0.25, 0.3) is 0 Å². The van der Waals surface area contributed by atoms with Crippen molar-refractivity contribution < 1.29 is 14.3 Å². The van der Waals surface area contributed by atoms with Gasteiger partial charge in [-0.15, -0.1) is 11.3 Å². The molecule has 1 heterocycles. The molecule has 0 amide bonds. The number of rotatable bonds is 6. The summed E-state index contributed by atoms with van der Waals surface area (Å²) in [4.78, 5) is 13.7. The molecule has 2 rings (SSSR count). The maximum Gasteiger partial charge on any atom is 0.210 e. The molecule has 0 N–H and O–H groups in total. The normalized spacial score (nSPS) is 10.2. The zero-order valence-corrected chi connectivity index (χ0v) is 11.8. The Morgan fingerprint density at radius 3 is 2.21 bits per heavy atom. The minimum Gasteiger partial charge on any atom is -0.494 e. The van der Waals surface area contributed by atoms with Gasteiger partial charge in [0.1, 0.15) is 11.5 Å². The zero-order chi connectivity index (χ0) is 13.7. The highest BCUT2D eigenvalue weighted by Crippen LogP contribution is 2.19. The lowest BCUT2D eigenvalue weighted by atomic mass is 10.3. The number of aryl methyl sites for hydroxylation is 1. The molecule has 100 valence electrons. The predicted molar refractivity (Wildman–Crippen MR) is 76.5 cm³/mol. The molecule has 0 radical (unpaired) electrons. The maximum atomic E-state index is 11.9. The molecule has 3 nitrogen and oxygen atoms in total. The van der Waals surface area contributed by atoms with E-state index in [2.05, 4.69) is 0 Å². The number of thiophene rings is 1. The smallest absolute Gasteiger partial charge is 0.210 e. The van der Waals surface area contributed by atoms with E-state index >= 15 is 0 Å². The van der Waals surface area contributed by atoms with Crippen molar-refractivity contribution >= 4 is 17.1 Å². The summed E-state index contributed by atoms with van der Waals surface area (Å²) in [5, 5.41) is 0. The molecule has 0 spiro atoms. The molecule has 2 aromatic rings. The van der Waals surface area contributed by atoms with E-state index in [0.717, 1.165) is 15.5 Å². The number of ether oxygens (including phenoxy) is 2. The van der Waals surface area contributed by atoms with Crippen molar-refractivity contribution in [3.63, 3.8) is 0 Å². The minimum absolute atomic E-state index is 0.00647. The van der Waals surface area contributed by atoms with Gasteiger partial charge in [0, 0.05) is 4.88 Å². The molecule has 19 heavy (non-hydrogen) atoms. The number of Topliss-reactive ketones (excluding diaryl/α,β-unsaturated/α-hetero) is 1. The third-order valence-corrected chi connectivity index (χ3v) is 3.56. The summed E-state index contributed by atoms with van der Waals surface area (Å²) in [6.45, 7) is 4.62. The molecule has 0 aliphatic carbocycles. The van der Waals surface area contributed by atoms with E-state index in [-0.39, 0.29) is 12.4 Å². The van der Waals surface area contributed by atoms with Gasteiger partial charge in [0.2, 0.25) is 5.78 Å². The van der Waals surface area contributed by atoms with Crippen molar-refractivity contribution in [2.24, 2.45) is 0 Å². The standard InChI is InChI=1S/C15H16O3S/c1-3-17-12-5-7-13(8-6-12)18-10-14(16)15-9-4-11(2)19-15/h4-9H,3,10H2,1-2H3. The molecule has 0 bridgehead atoms. The molecular formula is C15H16O3S. The Hall–Kier alpha value is -1.81. The van der Waals surface area contributed by atoms with Gasteiger partial charge in [0.15, 0.2) is 6.61 Å². The first-order chi connectivity index (χ1) is 9.19. The van der Waals surface area contributed by atoms with E-state index in [0.29, 0.717) is 12.4 Å². The minimum atomic E-state index is 0.00647. The average molecular weight is 276 g/mol. The van der Waals surface area contributed by atoms with Crippen LogP contribution in [0.25, 0.3) is 0 Å². The fourth-order valence-corrected chi connectivity index (χ4v) is 2.39. The van der Waals surface area contributed by atoms with E-state index in [9.17, 15) is 4.79 Å². The van der Waals surface area contributed by atoms with E-state index in [4.69, 9.17) is 9.47 Å². The molecule has 0 unspecified atom stereocenters. The number of ketones is 1. The number of carbonyl (C=O) groups excluding carboxylic acids is 1. The molecular weight excluding hydrogens is 260 g/mol. The molecule has 0 saturated heterocycles. The molecule has 0 saturated carbocycles. The Morgan fingerprint density at radius 2 is 1.68 bits per heavy atom. The van der Waals surface area contributed by atoms with Crippen LogP contribution in [0.15, 0.2) is 36.4 Å². The molecule has 0 atom stereocenters. The molecule has 1 aromatic carbocycles. The van der Waals surface area contributed by atoms with Crippen molar-refractivity contribution in [3.8, 4) is 11.5 Å². The fraction of sp³-hybridized carbons (Fsp3) is 0.267. The van der Waals surface area contributed by atoms with Gasteiger partial charge in [-0.25, -0.2) is 0 Å². The van der Waals surface area contributed by atoms with E-state index < -0.39 is 0 Å². The van der Waals surface area contributed by atoms with Crippen molar-refractivity contribution in [1.29, 1.82) is 0 Å². The molecule has 1 aromatic heterocycles.